The van der Waals surface area contributed by atoms with Crippen LogP contribution in [0.2, 0.25) is 10.1 Å². The Hall–Kier alpha value is -4.34. The first-order valence-electron chi connectivity index (χ1n) is 20.9. The molecule has 6 heteroatoms. The molecule has 0 unspecified atom stereocenters. The van der Waals surface area contributed by atoms with E-state index >= 15 is 0 Å². The second-order valence-electron chi connectivity index (χ2n) is 18.2. The van der Waals surface area contributed by atoms with E-state index in [0.29, 0.717) is 24.7 Å². The minimum Gasteiger partial charge on any atom is -0.458 e. The minimum atomic E-state index is -2.92. The number of ether oxygens (including phenoxy) is 1. The summed E-state index contributed by atoms with van der Waals surface area (Å²) < 4.78 is 22.4. The van der Waals surface area contributed by atoms with Crippen LogP contribution < -0.4 is 20.7 Å². The molecule has 0 saturated heterocycles. The summed E-state index contributed by atoms with van der Waals surface area (Å²) in [6.07, 6.45) is 7.13. The maximum absolute atomic E-state index is 14.2. The zero-order valence-electron chi connectivity index (χ0n) is 34.6. The molecule has 0 radical (unpaired) electrons. The van der Waals surface area contributed by atoms with Crippen molar-refractivity contribution in [2.45, 2.75) is 77.0 Å². The molecule has 0 N–H and O–H groups in total. The highest BCUT2D eigenvalue weighted by Crippen LogP contribution is 2.48. The van der Waals surface area contributed by atoms with Crippen molar-refractivity contribution in [3.05, 3.63) is 169 Å². The van der Waals surface area contributed by atoms with Crippen molar-refractivity contribution < 1.29 is 18.4 Å². The summed E-state index contributed by atoms with van der Waals surface area (Å²) in [7, 11) is -5.78. The van der Waals surface area contributed by atoms with Crippen LogP contribution in [0.5, 0.6) is 0 Å². The van der Waals surface area contributed by atoms with Gasteiger partial charge in [-0.2, -0.15) is 0 Å². The van der Waals surface area contributed by atoms with Crippen LogP contribution in [0.1, 0.15) is 71.2 Å². The summed E-state index contributed by atoms with van der Waals surface area (Å²) in [6.45, 7) is 15.0. The van der Waals surface area contributed by atoms with E-state index in [9.17, 15) is 4.79 Å². The van der Waals surface area contributed by atoms with Gasteiger partial charge in [0.1, 0.15) is 6.10 Å². The van der Waals surface area contributed by atoms with Crippen molar-refractivity contribution >= 4 is 43.4 Å². The molecule has 4 nitrogen and oxygen atoms in total. The monoisotopic (exact) mass is 792 g/mol. The molecule has 0 spiro atoms. The van der Waals surface area contributed by atoms with Crippen LogP contribution in [-0.4, -0.2) is 41.9 Å². The Labute approximate surface area is 343 Å². The zero-order valence-corrected chi connectivity index (χ0v) is 36.6. The van der Waals surface area contributed by atoms with Gasteiger partial charge in [0.2, 0.25) is 0 Å². The molecule has 296 valence electrons. The fraction of sp³-hybridized carbons (Fsp3) is 0.353. The number of hydrogen-bond acceptors (Lipinski definition) is 4. The topological polar surface area (TPSA) is 44.8 Å². The number of fused-ring (bicyclic) bond motifs is 1. The SMILES string of the molecule is CC(C)(C)[Si](OC[C@H]1C[C@@H]2CC=CC[C@@H]2[C@H](OC(=O)c2ccccc2)[C@@H]1CO[Si](c1ccccc1)(c1ccccc1)C(C)(C)C)(c1ccccc1)c1ccccc1. The molecule has 5 aromatic carbocycles. The Morgan fingerprint density at radius 3 is 1.35 bits per heavy atom. The maximum Gasteiger partial charge on any atom is 0.338 e. The van der Waals surface area contributed by atoms with Gasteiger partial charge in [-0.05, 0) is 74.1 Å². The Kier molecular flexibility index (Phi) is 12.4. The van der Waals surface area contributed by atoms with E-state index in [1.54, 1.807) is 0 Å². The van der Waals surface area contributed by atoms with Crippen LogP contribution in [0.3, 0.4) is 0 Å². The third-order valence-electron chi connectivity index (χ3n) is 12.8. The van der Waals surface area contributed by atoms with Gasteiger partial charge in [-0.15, -0.1) is 0 Å². The molecular formula is C51H60O4Si2. The van der Waals surface area contributed by atoms with Crippen LogP contribution in [0.15, 0.2) is 164 Å². The third-order valence-corrected chi connectivity index (χ3v) is 22.8. The summed E-state index contributed by atoms with van der Waals surface area (Å²) >= 11 is 0. The molecular weight excluding hydrogens is 733 g/mol. The van der Waals surface area contributed by atoms with Gasteiger partial charge >= 0.3 is 5.97 Å². The van der Waals surface area contributed by atoms with E-state index in [4.69, 9.17) is 13.6 Å². The summed E-state index contributed by atoms with van der Waals surface area (Å²) in [5.74, 6) is 0.300. The van der Waals surface area contributed by atoms with Crippen molar-refractivity contribution in [3.8, 4) is 0 Å². The van der Waals surface area contributed by atoms with Gasteiger partial charge in [-0.25, -0.2) is 4.79 Å². The van der Waals surface area contributed by atoms with E-state index < -0.39 is 16.6 Å². The molecule has 0 heterocycles. The number of carbonyl (C=O) groups excluding carboxylic acids is 1. The molecule has 5 atom stereocenters. The summed E-state index contributed by atoms with van der Waals surface area (Å²) in [5, 5.41) is 4.67. The fourth-order valence-electron chi connectivity index (χ4n) is 10.1. The summed E-state index contributed by atoms with van der Waals surface area (Å²) in [5.41, 5.74) is 0.581. The van der Waals surface area contributed by atoms with Crippen molar-refractivity contribution in [1.29, 1.82) is 0 Å². The Balaban J connectivity index is 1.35. The van der Waals surface area contributed by atoms with Gasteiger partial charge in [-0.3, -0.25) is 0 Å². The lowest BCUT2D eigenvalue weighted by molar-refractivity contribution is -0.0857. The standard InChI is InChI=1S/C51H60O4Si2/c1-50(2,3)56(42-27-14-8-15-28-42,43-29-16-9-17-30-43)53-37-41-36-40-26-22-23-35-46(40)48(55-49(52)39-24-12-7-13-25-39)47(41)38-54-57(51(4,5)6,44-31-18-10-19-32-44)45-33-20-11-21-34-45/h7-25,27-34,40-41,46-48H,26,35-38H2,1-6H3/t40-,41+,46-,47+,48-/m0/s1. The number of allylic oxidation sites excluding steroid dienone is 2. The Bertz CT molecular complexity index is 1980. The van der Waals surface area contributed by atoms with Gasteiger partial charge in [0, 0.05) is 25.0 Å². The number of benzene rings is 5. The van der Waals surface area contributed by atoms with Crippen molar-refractivity contribution in [1.82, 2.24) is 0 Å². The highest BCUT2D eigenvalue weighted by atomic mass is 28.4. The number of carbonyl (C=O) groups is 1. The molecule has 57 heavy (non-hydrogen) atoms. The highest BCUT2D eigenvalue weighted by molar-refractivity contribution is 7.00. The van der Waals surface area contributed by atoms with E-state index in [0.717, 1.165) is 19.3 Å². The smallest absolute Gasteiger partial charge is 0.338 e. The summed E-state index contributed by atoms with van der Waals surface area (Å²) in [4.78, 5) is 14.2. The number of hydrogen-bond donors (Lipinski definition) is 0. The first-order valence-corrected chi connectivity index (χ1v) is 24.7. The normalized spacial score (nSPS) is 21.4. The lowest BCUT2D eigenvalue weighted by Gasteiger charge is -2.51. The van der Waals surface area contributed by atoms with Crippen molar-refractivity contribution in [2.24, 2.45) is 23.7 Å². The molecule has 0 amide bonds. The van der Waals surface area contributed by atoms with Gasteiger partial charge in [0.15, 0.2) is 0 Å². The number of rotatable bonds is 12. The van der Waals surface area contributed by atoms with Crippen LogP contribution in [0.4, 0.5) is 0 Å². The quantitative estimate of drug-likeness (QED) is 0.0718. The zero-order chi connectivity index (χ0) is 40.1. The Morgan fingerprint density at radius 1 is 0.544 bits per heavy atom. The van der Waals surface area contributed by atoms with Crippen molar-refractivity contribution in [2.75, 3.05) is 13.2 Å². The highest BCUT2D eigenvalue weighted by Gasteiger charge is 2.55. The molecule has 0 aliphatic heterocycles. The fourth-order valence-corrected chi connectivity index (χ4v) is 19.3. The maximum atomic E-state index is 14.2. The van der Waals surface area contributed by atoms with E-state index in [-0.39, 0.29) is 39.9 Å². The minimum absolute atomic E-state index is 0.0891. The van der Waals surface area contributed by atoms with Crippen LogP contribution in [0, 0.1) is 23.7 Å². The second-order valence-corrected chi connectivity index (χ2v) is 26.8. The molecule has 2 aliphatic rings. The third kappa shape index (κ3) is 8.20. The van der Waals surface area contributed by atoms with E-state index in [2.05, 4.69) is 175 Å². The predicted molar refractivity (Wildman–Crippen MR) is 240 cm³/mol. The summed E-state index contributed by atoms with van der Waals surface area (Å²) in [6, 6.07) is 53.1. The molecule has 2 aliphatic carbocycles. The average molecular weight is 793 g/mol. The Morgan fingerprint density at radius 2 is 0.930 bits per heavy atom. The van der Waals surface area contributed by atoms with Gasteiger partial charge in [0.05, 0.1) is 5.56 Å². The molecule has 0 aromatic heterocycles. The van der Waals surface area contributed by atoms with Crippen LogP contribution in [-0.2, 0) is 13.6 Å². The van der Waals surface area contributed by atoms with E-state index in [1.807, 2.05) is 30.3 Å². The average Bonchev–Trinajstić information content (AvgIpc) is 3.23. The van der Waals surface area contributed by atoms with Gasteiger partial charge in [-0.1, -0.05) is 193 Å². The molecule has 0 bridgehead atoms. The van der Waals surface area contributed by atoms with Crippen LogP contribution >= 0.6 is 0 Å². The van der Waals surface area contributed by atoms with Crippen molar-refractivity contribution in [3.63, 3.8) is 0 Å². The molecule has 1 saturated carbocycles. The van der Waals surface area contributed by atoms with Gasteiger partial charge < -0.3 is 13.6 Å². The lowest BCUT2D eigenvalue weighted by Crippen LogP contribution is -2.68. The largest absolute Gasteiger partial charge is 0.458 e. The second kappa shape index (κ2) is 17.3. The van der Waals surface area contributed by atoms with Gasteiger partial charge in [0.25, 0.3) is 16.6 Å². The lowest BCUT2D eigenvalue weighted by atomic mass is 9.63. The molecule has 5 aromatic rings. The van der Waals surface area contributed by atoms with E-state index in [1.165, 1.54) is 20.7 Å². The first kappa shape index (κ1) is 40.8. The predicted octanol–water partition coefficient (Wildman–Crippen LogP) is 9.58. The molecule has 7 rings (SSSR count). The molecule has 1 fully saturated rings. The van der Waals surface area contributed by atoms with Crippen LogP contribution in [0.25, 0.3) is 0 Å². The number of esters is 1. The first-order chi connectivity index (χ1) is 27.5.